The molecule has 4 aromatic rings. The smallest absolute Gasteiger partial charge is 0.244 e. The molecule has 0 aromatic heterocycles. The lowest BCUT2D eigenvalue weighted by molar-refractivity contribution is 0.598. The van der Waals surface area contributed by atoms with Gasteiger partial charge in [-0.3, -0.25) is 0 Å². The van der Waals surface area contributed by atoms with Gasteiger partial charge in [0, 0.05) is 22.0 Å². The fourth-order valence-electron chi connectivity index (χ4n) is 3.67. The summed E-state index contributed by atoms with van der Waals surface area (Å²) in [6, 6.07) is 30.3. The van der Waals surface area contributed by atoms with Gasteiger partial charge < -0.3 is 0 Å². The van der Waals surface area contributed by atoms with E-state index in [2.05, 4.69) is 10.3 Å². The second kappa shape index (κ2) is 9.10. The van der Waals surface area contributed by atoms with Crippen LogP contribution in [0.4, 0.5) is 0 Å². The maximum absolute atomic E-state index is 14.3. The Labute approximate surface area is 189 Å². The molecule has 6 heteroatoms. The summed E-state index contributed by atoms with van der Waals surface area (Å²) in [5.41, 5.74) is 0.906. The molecule has 0 aliphatic heterocycles. The molecule has 4 rings (SSSR count). The van der Waals surface area contributed by atoms with Gasteiger partial charge in [-0.15, -0.1) is 10.3 Å². The molecule has 0 N–H and O–H groups in total. The van der Waals surface area contributed by atoms with E-state index in [0.717, 1.165) is 10.9 Å². The maximum Gasteiger partial charge on any atom is 0.290 e. The number of nitrogens with zero attached hydrogens (tertiary/aromatic N) is 1. The molecule has 0 saturated carbocycles. The minimum atomic E-state index is -4.21. The van der Waals surface area contributed by atoms with E-state index in [1.807, 2.05) is 48.5 Å². The van der Waals surface area contributed by atoms with Gasteiger partial charge in [-0.1, -0.05) is 91.0 Å². The van der Waals surface area contributed by atoms with Crippen LogP contribution in [-0.4, -0.2) is 18.4 Å². The van der Waals surface area contributed by atoms with E-state index < -0.39 is 19.8 Å². The number of rotatable bonds is 7. The summed E-state index contributed by atoms with van der Waals surface area (Å²) in [6.07, 6.45) is 1.69. The molecule has 0 aliphatic carbocycles. The van der Waals surface area contributed by atoms with E-state index in [4.69, 9.17) is 0 Å². The van der Waals surface area contributed by atoms with Crippen LogP contribution in [0.25, 0.3) is 10.8 Å². The molecule has 0 fully saturated rings. The molecule has 0 bridgehead atoms. The standard InChI is InChI=1S/C26H23NO3S2/c1-2-21(22-12-5-3-6-13-22)20-31(28,24-16-7-4-8-17-24)27-32(29,30)26-19-11-15-23-14-9-10-18-25(23)26/h2-19,21H,1,20H2/t21-,31?/m0/s1. The van der Waals surface area contributed by atoms with Gasteiger partial charge >= 0.3 is 0 Å². The van der Waals surface area contributed by atoms with E-state index >= 15 is 0 Å². The van der Waals surface area contributed by atoms with Crippen molar-refractivity contribution in [2.45, 2.75) is 15.7 Å². The summed E-state index contributed by atoms with van der Waals surface area (Å²) < 4.78 is 45.3. The zero-order chi connectivity index (χ0) is 22.6. The Balaban J connectivity index is 1.90. The van der Waals surface area contributed by atoms with Crippen molar-refractivity contribution < 1.29 is 12.6 Å². The van der Waals surface area contributed by atoms with E-state index in [1.54, 1.807) is 54.6 Å². The minimum Gasteiger partial charge on any atom is -0.244 e. The van der Waals surface area contributed by atoms with Crippen LogP contribution in [0.5, 0.6) is 0 Å². The van der Waals surface area contributed by atoms with Crippen LogP contribution in [0, 0.1) is 0 Å². The molecule has 0 spiro atoms. The fraction of sp³-hybridized carbons (Fsp3) is 0.0769. The summed E-state index contributed by atoms with van der Waals surface area (Å²) in [6.45, 7) is 3.89. The third kappa shape index (κ3) is 4.52. The Morgan fingerprint density at radius 3 is 2.03 bits per heavy atom. The van der Waals surface area contributed by atoms with Gasteiger partial charge in [0.05, 0.1) is 14.6 Å². The number of allylic oxidation sites excluding steroid dienone is 1. The SMILES string of the molecule is C=C[C@@H](CS(=O)(=NS(=O)(=O)c1cccc2ccccc12)c1ccccc1)c1ccccc1. The zero-order valence-electron chi connectivity index (χ0n) is 17.4. The predicted octanol–water partition coefficient (Wildman–Crippen LogP) is 6.03. The van der Waals surface area contributed by atoms with Crippen LogP contribution in [0.2, 0.25) is 0 Å². The predicted molar refractivity (Wildman–Crippen MR) is 131 cm³/mol. The fourth-order valence-corrected chi connectivity index (χ4v) is 8.15. The first kappa shape index (κ1) is 22.0. The highest BCUT2D eigenvalue weighted by Gasteiger charge is 2.25. The highest BCUT2D eigenvalue weighted by atomic mass is 32.3. The summed E-state index contributed by atoms with van der Waals surface area (Å²) in [5.74, 6) is -0.315. The maximum atomic E-state index is 14.3. The zero-order valence-corrected chi connectivity index (χ0v) is 19.0. The van der Waals surface area contributed by atoms with Crippen molar-refractivity contribution in [2.24, 2.45) is 3.77 Å². The van der Waals surface area contributed by atoms with Crippen LogP contribution < -0.4 is 0 Å². The Morgan fingerprint density at radius 2 is 1.34 bits per heavy atom. The van der Waals surface area contributed by atoms with E-state index in [-0.39, 0.29) is 16.6 Å². The second-order valence-corrected chi connectivity index (χ2v) is 11.5. The molecule has 162 valence electrons. The van der Waals surface area contributed by atoms with Crippen molar-refractivity contribution in [3.8, 4) is 0 Å². The van der Waals surface area contributed by atoms with Crippen molar-refractivity contribution in [2.75, 3.05) is 5.75 Å². The van der Waals surface area contributed by atoms with E-state index in [9.17, 15) is 12.6 Å². The molecule has 0 heterocycles. The molecule has 1 unspecified atom stereocenters. The molecule has 2 atom stereocenters. The van der Waals surface area contributed by atoms with Gasteiger partial charge in [0.2, 0.25) is 0 Å². The molecule has 32 heavy (non-hydrogen) atoms. The largest absolute Gasteiger partial charge is 0.290 e. The molecule has 0 amide bonds. The molecule has 0 saturated heterocycles. The number of hydrogen-bond acceptors (Lipinski definition) is 3. The quantitative estimate of drug-likeness (QED) is 0.316. The average molecular weight is 462 g/mol. The Bertz CT molecular complexity index is 1470. The highest BCUT2D eigenvalue weighted by molar-refractivity contribution is 8.03. The van der Waals surface area contributed by atoms with Crippen LogP contribution in [0.15, 0.2) is 129 Å². The number of hydrogen-bond donors (Lipinski definition) is 0. The lowest BCUT2D eigenvalue weighted by Crippen LogP contribution is -2.16. The number of fused-ring (bicyclic) bond motifs is 1. The molecular formula is C26H23NO3S2. The first-order valence-corrected chi connectivity index (χ1v) is 13.3. The van der Waals surface area contributed by atoms with Crippen LogP contribution in [0.3, 0.4) is 0 Å². The summed E-state index contributed by atoms with van der Waals surface area (Å²) in [4.78, 5) is 0.431. The van der Waals surface area contributed by atoms with E-state index in [0.29, 0.717) is 10.3 Å². The molecule has 4 aromatic carbocycles. The van der Waals surface area contributed by atoms with Crippen molar-refractivity contribution >= 4 is 30.5 Å². The van der Waals surface area contributed by atoms with Gasteiger partial charge in [0.1, 0.15) is 0 Å². The Hall–Kier alpha value is -3.22. The number of sulfonamides is 1. The van der Waals surface area contributed by atoms with Crippen molar-refractivity contribution in [1.82, 2.24) is 0 Å². The van der Waals surface area contributed by atoms with Gasteiger partial charge in [-0.2, -0.15) is 8.42 Å². The first-order chi connectivity index (χ1) is 15.4. The lowest BCUT2D eigenvalue weighted by Gasteiger charge is -2.17. The van der Waals surface area contributed by atoms with Crippen LogP contribution in [-0.2, 0) is 19.8 Å². The topological polar surface area (TPSA) is 63.6 Å². The molecule has 0 aliphatic rings. The lowest BCUT2D eigenvalue weighted by atomic mass is 10.0. The van der Waals surface area contributed by atoms with Crippen LogP contribution >= 0.6 is 0 Å². The second-order valence-electron chi connectivity index (χ2n) is 7.40. The summed E-state index contributed by atoms with van der Waals surface area (Å²) in [5, 5.41) is 1.33. The monoisotopic (exact) mass is 461 g/mol. The van der Waals surface area contributed by atoms with Gasteiger partial charge in [-0.25, -0.2) is 4.21 Å². The number of benzene rings is 4. The van der Waals surface area contributed by atoms with Crippen molar-refractivity contribution in [1.29, 1.82) is 0 Å². The van der Waals surface area contributed by atoms with Gasteiger partial charge in [0.15, 0.2) is 0 Å². The van der Waals surface area contributed by atoms with Crippen LogP contribution in [0.1, 0.15) is 11.5 Å². The average Bonchev–Trinajstić information content (AvgIpc) is 2.83. The third-order valence-electron chi connectivity index (χ3n) is 5.28. The molecule has 4 nitrogen and oxygen atoms in total. The van der Waals surface area contributed by atoms with Crippen molar-refractivity contribution in [3.63, 3.8) is 0 Å². The summed E-state index contributed by atoms with van der Waals surface area (Å²) >= 11 is 0. The van der Waals surface area contributed by atoms with Gasteiger partial charge in [-0.05, 0) is 29.1 Å². The Kier molecular flexibility index (Phi) is 6.26. The van der Waals surface area contributed by atoms with E-state index in [1.165, 1.54) is 6.07 Å². The van der Waals surface area contributed by atoms with Gasteiger partial charge in [0.25, 0.3) is 10.0 Å². The third-order valence-corrected chi connectivity index (χ3v) is 9.76. The normalized spacial score (nSPS) is 14.4. The van der Waals surface area contributed by atoms with Crippen molar-refractivity contribution in [3.05, 3.63) is 121 Å². The Morgan fingerprint density at radius 1 is 0.750 bits per heavy atom. The highest BCUT2D eigenvalue weighted by Crippen LogP contribution is 2.29. The minimum absolute atomic E-state index is 0.00846. The molecular weight excluding hydrogens is 438 g/mol. The first-order valence-electron chi connectivity index (χ1n) is 10.1. The molecule has 0 radical (unpaired) electrons. The summed E-state index contributed by atoms with van der Waals surface area (Å²) in [7, 11) is -7.55.